The lowest BCUT2D eigenvalue weighted by Gasteiger charge is -2.36. The molecule has 0 aliphatic heterocycles. The average molecular weight is 289 g/mol. The van der Waals surface area contributed by atoms with Crippen LogP contribution in [-0.4, -0.2) is 35.4 Å². The van der Waals surface area contributed by atoms with Gasteiger partial charge in [-0.25, -0.2) is 0 Å². The fourth-order valence-electron chi connectivity index (χ4n) is 3.13. The number of nitrogens with zero attached hydrogens (tertiary/aromatic N) is 2. The van der Waals surface area contributed by atoms with Gasteiger partial charge in [0.05, 0.1) is 0 Å². The molecule has 0 bridgehead atoms. The summed E-state index contributed by atoms with van der Waals surface area (Å²) in [7, 11) is 1.92. The van der Waals surface area contributed by atoms with Gasteiger partial charge in [-0.15, -0.1) is 0 Å². The molecule has 0 radical (unpaired) electrons. The minimum Gasteiger partial charge on any atom is -0.385 e. The quantitative estimate of drug-likeness (QED) is 0.901. The summed E-state index contributed by atoms with van der Waals surface area (Å²) in [6.07, 6.45) is 7.60. The number of hydrogen-bond acceptors (Lipinski definition) is 3. The Labute approximate surface area is 127 Å². The minimum atomic E-state index is 0.0360. The summed E-state index contributed by atoms with van der Waals surface area (Å²) in [4.78, 5) is 18.8. The van der Waals surface area contributed by atoms with Crippen molar-refractivity contribution >= 4 is 11.6 Å². The first-order chi connectivity index (χ1) is 10.1. The molecule has 2 rings (SSSR count). The lowest BCUT2D eigenvalue weighted by Crippen LogP contribution is -2.42. The fraction of sp³-hybridized carbons (Fsp3) is 0.647. The SMILES string of the molecule is CCCNc1ccnc(C(=O)N(C)C2CCCCC2C)c1. The van der Waals surface area contributed by atoms with Crippen molar-refractivity contribution in [3.05, 3.63) is 24.0 Å². The summed E-state index contributed by atoms with van der Waals surface area (Å²) >= 11 is 0. The van der Waals surface area contributed by atoms with Gasteiger partial charge in [0.15, 0.2) is 0 Å². The first kappa shape index (κ1) is 15.8. The van der Waals surface area contributed by atoms with Crippen LogP contribution < -0.4 is 5.32 Å². The zero-order chi connectivity index (χ0) is 15.2. The van der Waals surface area contributed by atoms with Crippen LogP contribution in [0, 0.1) is 5.92 Å². The maximum atomic E-state index is 12.7. The Bertz CT molecular complexity index is 475. The van der Waals surface area contributed by atoms with E-state index in [1.54, 1.807) is 6.20 Å². The van der Waals surface area contributed by atoms with E-state index in [9.17, 15) is 4.79 Å². The number of amides is 1. The van der Waals surface area contributed by atoms with E-state index in [-0.39, 0.29) is 5.91 Å². The van der Waals surface area contributed by atoms with E-state index >= 15 is 0 Å². The van der Waals surface area contributed by atoms with Gasteiger partial charge in [-0.2, -0.15) is 0 Å². The molecule has 0 saturated heterocycles. The molecule has 2 atom stereocenters. The highest BCUT2D eigenvalue weighted by Crippen LogP contribution is 2.28. The van der Waals surface area contributed by atoms with Gasteiger partial charge < -0.3 is 10.2 Å². The Hall–Kier alpha value is -1.58. The lowest BCUT2D eigenvalue weighted by molar-refractivity contribution is 0.0623. The van der Waals surface area contributed by atoms with Crippen molar-refractivity contribution in [2.45, 2.75) is 52.0 Å². The van der Waals surface area contributed by atoms with E-state index in [1.807, 2.05) is 24.1 Å². The zero-order valence-corrected chi connectivity index (χ0v) is 13.4. The molecule has 1 aromatic heterocycles. The van der Waals surface area contributed by atoms with Crippen molar-refractivity contribution in [2.24, 2.45) is 5.92 Å². The molecule has 116 valence electrons. The zero-order valence-electron chi connectivity index (χ0n) is 13.4. The molecular weight excluding hydrogens is 262 g/mol. The first-order valence-corrected chi connectivity index (χ1v) is 8.10. The van der Waals surface area contributed by atoms with Crippen molar-refractivity contribution in [2.75, 3.05) is 18.9 Å². The number of carbonyl (C=O) groups excluding carboxylic acids is 1. The van der Waals surface area contributed by atoms with Gasteiger partial charge in [0.25, 0.3) is 5.91 Å². The molecule has 2 unspecified atom stereocenters. The lowest BCUT2D eigenvalue weighted by atomic mass is 9.85. The number of hydrogen-bond donors (Lipinski definition) is 1. The van der Waals surface area contributed by atoms with Crippen molar-refractivity contribution in [1.29, 1.82) is 0 Å². The molecule has 0 spiro atoms. The molecule has 0 aromatic carbocycles. The van der Waals surface area contributed by atoms with E-state index in [1.165, 1.54) is 19.3 Å². The maximum Gasteiger partial charge on any atom is 0.272 e. The Kier molecular flexibility index (Phi) is 5.59. The topological polar surface area (TPSA) is 45.2 Å². The van der Waals surface area contributed by atoms with Crippen molar-refractivity contribution in [3.8, 4) is 0 Å². The first-order valence-electron chi connectivity index (χ1n) is 8.10. The van der Waals surface area contributed by atoms with Crippen LogP contribution in [-0.2, 0) is 0 Å². The minimum absolute atomic E-state index is 0.0360. The third-order valence-corrected chi connectivity index (χ3v) is 4.44. The monoisotopic (exact) mass is 289 g/mol. The van der Waals surface area contributed by atoms with Gasteiger partial charge >= 0.3 is 0 Å². The van der Waals surface area contributed by atoms with E-state index in [2.05, 4.69) is 24.1 Å². The third kappa shape index (κ3) is 3.96. The number of pyridine rings is 1. The Morgan fingerprint density at radius 3 is 2.90 bits per heavy atom. The fourth-order valence-corrected chi connectivity index (χ4v) is 3.13. The second kappa shape index (κ2) is 7.43. The van der Waals surface area contributed by atoms with Crippen LogP contribution in [0.2, 0.25) is 0 Å². The van der Waals surface area contributed by atoms with Crippen LogP contribution in [0.15, 0.2) is 18.3 Å². The van der Waals surface area contributed by atoms with Crippen LogP contribution in [0.5, 0.6) is 0 Å². The predicted molar refractivity (Wildman–Crippen MR) is 86.5 cm³/mol. The summed E-state index contributed by atoms with van der Waals surface area (Å²) < 4.78 is 0. The van der Waals surface area contributed by atoms with Crippen LogP contribution >= 0.6 is 0 Å². The van der Waals surface area contributed by atoms with Crippen LogP contribution in [0.1, 0.15) is 56.4 Å². The average Bonchev–Trinajstić information content (AvgIpc) is 2.52. The maximum absolute atomic E-state index is 12.7. The molecule has 1 saturated carbocycles. The normalized spacial score (nSPS) is 21.9. The number of carbonyl (C=O) groups is 1. The van der Waals surface area contributed by atoms with E-state index in [0.29, 0.717) is 17.7 Å². The van der Waals surface area contributed by atoms with Crippen molar-refractivity contribution < 1.29 is 4.79 Å². The van der Waals surface area contributed by atoms with Gasteiger partial charge in [-0.3, -0.25) is 9.78 Å². The molecule has 1 aromatic rings. The second-order valence-corrected chi connectivity index (χ2v) is 6.10. The molecule has 1 fully saturated rings. The standard InChI is InChI=1S/C17H27N3O/c1-4-10-18-14-9-11-19-15(12-14)17(21)20(3)16-8-6-5-7-13(16)2/h9,11-13,16H,4-8,10H2,1-3H3,(H,18,19). The number of anilines is 1. The highest BCUT2D eigenvalue weighted by molar-refractivity contribution is 5.93. The van der Waals surface area contributed by atoms with Crippen LogP contribution in [0.3, 0.4) is 0 Å². The van der Waals surface area contributed by atoms with E-state index < -0.39 is 0 Å². The molecule has 1 amide bonds. The molecule has 4 nitrogen and oxygen atoms in total. The summed E-state index contributed by atoms with van der Waals surface area (Å²) in [5.74, 6) is 0.614. The van der Waals surface area contributed by atoms with Crippen LogP contribution in [0.4, 0.5) is 5.69 Å². The molecule has 21 heavy (non-hydrogen) atoms. The number of aromatic nitrogens is 1. The predicted octanol–water partition coefficient (Wildman–Crippen LogP) is 3.55. The Morgan fingerprint density at radius 2 is 2.19 bits per heavy atom. The summed E-state index contributed by atoms with van der Waals surface area (Å²) in [6, 6.07) is 4.12. The Balaban J connectivity index is 2.07. The number of rotatable bonds is 5. The van der Waals surface area contributed by atoms with Gasteiger partial charge in [0.1, 0.15) is 5.69 Å². The summed E-state index contributed by atoms with van der Waals surface area (Å²) in [6.45, 7) is 5.28. The van der Waals surface area contributed by atoms with Crippen molar-refractivity contribution in [1.82, 2.24) is 9.88 Å². The molecule has 1 aliphatic rings. The second-order valence-electron chi connectivity index (χ2n) is 6.10. The van der Waals surface area contributed by atoms with Crippen molar-refractivity contribution in [3.63, 3.8) is 0 Å². The highest BCUT2D eigenvalue weighted by Gasteiger charge is 2.28. The highest BCUT2D eigenvalue weighted by atomic mass is 16.2. The smallest absolute Gasteiger partial charge is 0.272 e. The summed E-state index contributed by atoms with van der Waals surface area (Å²) in [5, 5.41) is 3.31. The van der Waals surface area contributed by atoms with Crippen LogP contribution in [0.25, 0.3) is 0 Å². The molecule has 4 heteroatoms. The third-order valence-electron chi connectivity index (χ3n) is 4.44. The largest absolute Gasteiger partial charge is 0.385 e. The van der Waals surface area contributed by atoms with Gasteiger partial charge in [0, 0.05) is 31.5 Å². The molecule has 1 heterocycles. The number of nitrogens with one attached hydrogen (secondary N) is 1. The van der Waals surface area contributed by atoms with E-state index in [0.717, 1.165) is 25.1 Å². The molecule has 1 aliphatic carbocycles. The van der Waals surface area contributed by atoms with Gasteiger partial charge in [-0.1, -0.05) is 26.7 Å². The van der Waals surface area contributed by atoms with Gasteiger partial charge in [-0.05, 0) is 37.3 Å². The summed E-state index contributed by atoms with van der Waals surface area (Å²) in [5.41, 5.74) is 1.51. The Morgan fingerprint density at radius 1 is 1.43 bits per heavy atom. The van der Waals surface area contributed by atoms with Gasteiger partial charge in [0.2, 0.25) is 0 Å². The molecule has 1 N–H and O–H groups in total. The molecular formula is C17H27N3O. The van der Waals surface area contributed by atoms with E-state index in [4.69, 9.17) is 0 Å².